The topological polar surface area (TPSA) is 58.4 Å². The molecule has 1 aromatic carbocycles. The molecule has 5 nitrogen and oxygen atoms in total. The summed E-state index contributed by atoms with van der Waals surface area (Å²) < 4.78 is 13.4. The molecule has 1 rings (SSSR count). The van der Waals surface area contributed by atoms with Crippen molar-refractivity contribution < 1.29 is 9.31 Å². The van der Waals surface area contributed by atoms with Crippen LogP contribution in [0.4, 0.5) is 15.8 Å². The monoisotopic (exact) mass is 255 g/mol. The number of rotatable bonds is 5. The summed E-state index contributed by atoms with van der Waals surface area (Å²) in [5.41, 5.74) is -0.498. The third-order valence-electron chi connectivity index (χ3n) is 3.09. The molecule has 100 valence electrons. The fourth-order valence-corrected chi connectivity index (χ4v) is 1.31. The minimum atomic E-state index is -0.826. The van der Waals surface area contributed by atoms with Crippen molar-refractivity contribution in [3.8, 4) is 0 Å². The minimum absolute atomic E-state index is 0.194. The summed E-state index contributed by atoms with van der Waals surface area (Å²) in [5, 5.41) is 13.7. The molecule has 0 saturated carbocycles. The van der Waals surface area contributed by atoms with Crippen molar-refractivity contribution >= 4 is 11.4 Å². The molecule has 18 heavy (non-hydrogen) atoms. The third kappa shape index (κ3) is 3.16. The quantitative estimate of drug-likeness (QED) is 0.648. The summed E-state index contributed by atoms with van der Waals surface area (Å²) in [6, 6.07) is 4.04. The number of nitro benzene ring substituents is 1. The Kier molecular flexibility index (Phi) is 4.24. The van der Waals surface area contributed by atoms with Gasteiger partial charge in [-0.25, -0.2) is 0 Å². The van der Waals surface area contributed by atoms with Crippen LogP contribution in [-0.2, 0) is 0 Å². The first-order chi connectivity index (χ1) is 8.25. The first kappa shape index (κ1) is 14.4. The number of nitrogens with one attached hydrogen (secondary N) is 1. The standard InChI is InChI=1S/C12H18FN3O2/c1-12(2,15(3)4)8-14-10-7-5-6-9(13)11(10)16(17)18/h5-7,14H,8H2,1-4H3. The summed E-state index contributed by atoms with van der Waals surface area (Å²) in [5.74, 6) is -0.826. The van der Waals surface area contributed by atoms with E-state index in [2.05, 4.69) is 5.32 Å². The molecule has 0 radical (unpaired) electrons. The maximum atomic E-state index is 13.4. The zero-order valence-electron chi connectivity index (χ0n) is 11.0. The molecule has 1 aromatic rings. The molecule has 0 saturated heterocycles. The van der Waals surface area contributed by atoms with Gasteiger partial charge in [0.25, 0.3) is 0 Å². The molecule has 1 N–H and O–H groups in total. The van der Waals surface area contributed by atoms with E-state index in [9.17, 15) is 14.5 Å². The number of anilines is 1. The lowest BCUT2D eigenvalue weighted by molar-refractivity contribution is -0.386. The number of benzene rings is 1. The summed E-state index contributed by atoms with van der Waals surface area (Å²) >= 11 is 0. The molecule has 0 aliphatic rings. The molecule has 0 amide bonds. The molecule has 0 spiro atoms. The molecular weight excluding hydrogens is 237 g/mol. The predicted octanol–water partition coefficient (Wildman–Crippen LogP) is 2.49. The van der Waals surface area contributed by atoms with E-state index in [-0.39, 0.29) is 11.2 Å². The molecule has 0 bridgehead atoms. The van der Waals surface area contributed by atoms with E-state index in [0.29, 0.717) is 6.54 Å². The van der Waals surface area contributed by atoms with Crippen LogP contribution in [0.15, 0.2) is 18.2 Å². The molecular formula is C12H18FN3O2. The van der Waals surface area contributed by atoms with Crippen molar-refractivity contribution in [1.29, 1.82) is 0 Å². The van der Waals surface area contributed by atoms with Gasteiger partial charge < -0.3 is 10.2 Å². The highest BCUT2D eigenvalue weighted by atomic mass is 19.1. The third-order valence-corrected chi connectivity index (χ3v) is 3.09. The maximum Gasteiger partial charge on any atom is 0.327 e. The van der Waals surface area contributed by atoms with Crippen LogP contribution in [-0.4, -0.2) is 36.0 Å². The van der Waals surface area contributed by atoms with Crippen LogP contribution in [0, 0.1) is 15.9 Å². The second-order valence-corrected chi connectivity index (χ2v) is 4.95. The molecule has 0 fully saturated rings. The van der Waals surface area contributed by atoms with Gasteiger partial charge in [-0.15, -0.1) is 0 Å². The predicted molar refractivity (Wildman–Crippen MR) is 69.3 cm³/mol. The molecule has 0 aliphatic carbocycles. The largest absolute Gasteiger partial charge is 0.378 e. The second-order valence-electron chi connectivity index (χ2n) is 4.95. The number of nitrogens with zero attached hydrogens (tertiary/aromatic N) is 2. The highest BCUT2D eigenvalue weighted by Crippen LogP contribution is 2.27. The van der Waals surface area contributed by atoms with Gasteiger partial charge in [0.05, 0.1) is 4.92 Å². The van der Waals surface area contributed by atoms with Gasteiger partial charge in [0.15, 0.2) is 0 Å². The van der Waals surface area contributed by atoms with Crippen LogP contribution in [0.3, 0.4) is 0 Å². The number of nitro groups is 1. The number of halogens is 1. The van der Waals surface area contributed by atoms with Gasteiger partial charge in [0, 0.05) is 12.1 Å². The van der Waals surface area contributed by atoms with Crippen LogP contribution < -0.4 is 5.32 Å². The molecule has 0 heterocycles. The Morgan fingerprint density at radius 1 is 1.44 bits per heavy atom. The fraction of sp³-hybridized carbons (Fsp3) is 0.500. The van der Waals surface area contributed by atoms with Crippen LogP contribution in [0.1, 0.15) is 13.8 Å². The lowest BCUT2D eigenvalue weighted by Gasteiger charge is -2.32. The van der Waals surface area contributed by atoms with Crippen molar-refractivity contribution in [2.24, 2.45) is 0 Å². The van der Waals surface area contributed by atoms with E-state index in [1.54, 1.807) is 0 Å². The van der Waals surface area contributed by atoms with E-state index in [1.165, 1.54) is 12.1 Å². The lowest BCUT2D eigenvalue weighted by atomic mass is 10.0. The SMILES string of the molecule is CN(C)C(C)(C)CNc1cccc(F)c1[N+](=O)[O-]. The summed E-state index contributed by atoms with van der Waals surface area (Å²) in [6.45, 7) is 4.46. The molecule has 0 aliphatic heterocycles. The lowest BCUT2D eigenvalue weighted by Crippen LogP contribution is -2.44. The summed E-state index contributed by atoms with van der Waals surface area (Å²) in [4.78, 5) is 12.1. The van der Waals surface area contributed by atoms with E-state index in [4.69, 9.17) is 0 Å². The first-order valence-corrected chi connectivity index (χ1v) is 5.60. The highest BCUT2D eigenvalue weighted by Gasteiger charge is 2.24. The fourth-order valence-electron chi connectivity index (χ4n) is 1.31. The highest BCUT2D eigenvalue weighted by molar-refractivity contribution is 5.62. The zero-order chi connectivity index (χ0) is 13.9. The Balaban J connectivity index is 2.92. The molecule has 0 atom stereocenters. The normalized spacial score (nSPS) is 11.7. The second kappa shape index (κ2) is 5.30. The number of para-hydroxylation sites is 1. The van der Waals surface area contributed by atoms with Crippen molar-refractivity contribution in [2.75, 3.05) is 26.0 Å². The Bertz CT molecular complexity index is 447. The van der Waals surface area contributed by atoms with Gasteiger partial charge in [-0.1, -0.05) is 6.07 Å². The number of hydrogen-bond acceptors (Lipinski definition) is 4. The maximum absolute atomic E-state index is 13.4. The van der Waals surface area contributed by atoms with E-state index >= 15 is 0 Å². The van der Waals surface area contributed by atoms with E-state index in [1.807, 2.05) is 32.8 Å². The molecule has 6 heteroatoms. The van der Waals surface area contributed by atoms with Crippen LogP contribution in [0.2, 0.25) is 0 Å². The van der Waals surface area contributed by atoms with Gasteiger partial charge in [-0.3, -0.25) is 10.1 Å². The van der Waals surface area contributed by atoms with Crippen molar-refractivity contribution in [3.05, 3.63) is 34.1 Å². The van der Waals surface area contributed by atoms with Gasteiger partial charge in [0.2, 0.25) is 5.82 Å². The van der Waals surface area contributed by atoms with E-state index in [0.717, 1.165) is 6.07 Å². The Morgan fingerprint density at radius 2 is 2.06 bits per heavy atom. The Morgan fingerprint density at radius 3 is 2.56 bits per heavy atom. The Hall–Kier alpha value is -1.69. The van der Waals surface area contributed by atoms with Crippen molar-refractivity contribution in [3.63, 3.8) is 0 Å². The molecule has 0 aromatic heterocycles. The van der Waals surface area contributed by atoms with Gasteiger partial charge in [-0.05, 0) is 40.1 Å². The van der Waals surface area contributed by atoms with Crippen LogP contribution >= 0.6 is 0 Å². The minimum Gasteiger partial charge on any atom is -0.378 e. The van der Waals surface area contributed by atoms with Gasteiger partial charge in [-0.2, -0.15) is 4.39 Å². The average molecular weight is 255 g/mol. The van der Waals surface area contributed by atoms with E-state index < -0.39 is 16.4 Å². The summed E-state index contributed by atoms with van der Waals surface area (Å²) in [6.07, 6.45) is 0. The van der Waals surface area contributed by atoms with Crippen molar-refractivity contribution in [1.82, 2.24) is 4.90 Å². The smallest absolute Gasteiger partial charge is 0.327 e. The Labute approximate surface area is 106 Å². The first-order valence-electron chi connectivity index (χ1n) is 5.60. The van der Waals surface area contributed by atoms with Gasteiger partial charge >= 0.3 is 5.69 Å². The van der Waals surface area contributed by atoms with Crippen LogP contribution in [0.5, 0.6) is 0 Å². The zero-order valence-corrected chi connectivity index (χ0v) is 11.0. The number of likely N-dealkylation sites (N-methyl/N-ethyl adjacent to an activating group) is 1. The van der Waals surface area contributed by atoms with Gasteiger partial charge in [0.1, 0.15) is 5.69 Å². The van der Waals surface area contributed by atoms with Crippen LogP contribution in [0.25, 0.3) is 0 Å². The number of hydrogen-bond donors (Lipinski definition) is 1. The van der Waals surface area contributed by atoms with Crippen molar-refractivity contribution in [2.45, 2.75) is 19.4 Å². The average Bonchev–Trinajstić information content (AvgIpc) is 2.25. The summed E-state index contributed by atoms with van der Waals surface area (Å²) in [7, 11) is 3.84. The molecule has 0 unspecified atom stereocenters.